The van der Waals surface area contributed by atoms with Crippen molar-refractivity contribution in [3.8, 4) is 17.2 Å². The summed E-state index contributed by atoms with van der Waals surface area (Å²) in [5.41, 5.74) is 1.55. The van der Waals surface area contributed by atoms with Crippen LogP contribution in [0.15, 0.2) is 55.1 Å². The first-order valence-corrected chi connectivity index (χ1v) is 11.6. The first kappa shape index (κ1) is 26.9. The molecule has 182 valence electrons. The lowest BCUT2D eigenvalue weighted by molar-refractivity contribution is -0.143. The Kier molecular flexibility index (Phi) is 9.25. The van der Waals surface area contributed by atoms with Gasteiger partial charge in [0.05, 0.1) is 23.2 Å². The summed E-state index contributed by atoms with van der Waals surface area (Å²) in [7, 11) is 0. The molecule has 0 spiro atoms. The van der Waals surface area contributed by atoms with Crippen molar-refractivity contribution in [1.82, 2.24) is 0 Å². The largest absolute Gasteiger partial charge is 0.490 e. The first-order chi connectivity index (χ1) is 15.9. The molecule has 5 nitrogen and oxygen atoms in total. The van der Waals surface area contributed by atoms with Crippen LogP contribution in [0, 0.1) is 5.41 Å². The Morgan fingerprint density at radius 1 is 0.941 bits per heavy atom. The minimum Gasteiger partial charge on any atom is -0.490 e. The van der Waals surface area contributed by atoms with E-state index in [9.17, 15) is 9.59 Å². The van der Waals surface area contributed by atoms with Crippen LogP contribution in [0.3, 0.4) is 0 Å². The lowest BCUT2D eigenvalue weighted by Crippen LogP contribution is -2.25. The minimum atomic E-state index is -0.608. The summed E-state index contributed by atoms with van der Waals surface area (Å²) in [4.78, 5) is 25.0. The second-order valence-electron chi connectivity index (χ2n) is 9.65. The van der Waals surface area contributed by atoms with Crippen molar-refractivity contribution in [3.05, 3.63) is 71.8 Å². The summed E-state index contributed by atoms with van der Waals surface area (Å²) in [5.74, 6) is 1.21. The third kappa shape index (κ3) is 7.62. The van der Waals surface area contributed by atoms with Crippen molar-refractivity contribution in [1.29, 1.82) is 0 Å². The summed E-state index contributed by atoms with van der Waals surface area (Å²) < 4.78 is 17.5. The Balaban J connectivity index is 2.36. The van der Waals surface area contributed by atoms with Crippen LogP contribution >= 0.6 is 0 Å². The van der Waals surface area contributed by atoms with Gasteiger partial charge in [-0.05, 0) is 103 Å². The Morgan fingerprint density at radius 2 is 1.56 bits per heavy atom. The van der Waals surface area contributed by atoms with E-state index in [1.54, 1.807) is 51.1 Å². The molecule has 0 atom stereocenters. The predicted octanol–water partition coefficient (Wildman–Crippen LogP) is 6.84. The Bertz CT molecular complexity index is 1040. The molecular formula is C29H36O5. The SMILES string of the molecule is C=CCc1ccc(OC(C)C)c(/C=C/C(=O)c2ccc(OC(=O)C(C)(C)C)cc2)c1OC(C)C. The number of hydrogen-bond donors (Lipinski definition) is 0. The molecule has 0 saturated carbocycles. The summed E-state index contributed by atoms with van der Waals surface area (Å²) in [6.07, 6.45) is 5.60. The number of hydrogen-bond acceptors (Lipinski definition) is 5. The smallest absolute Gasteiger partial charge is 0.316 e. The number of benzene rings is 2. The van der Waals surface area contributed by atoms with E-state index in [0.29, 0.717) is 34.8 Å². The summed E-state index contributed by atoms with van der Waals surface area (Å²) in [5, 5.41) is 0. The lowest BCUT2D eigenvalue weighted by atomic mass is 9.97. The van der Waals surface area contributed by atoms with Crippen LogP contribution in [0.1, 0.15) is 70.0 Å². The van der Waals surface area contributed by atoms with E-state index in [2.05, 4.69) is 6.58 Å². The number of esters is 1. The minimum absolute atomic E-state index is 0.0386. The van der Waals surface area contributed by atoms with E-state index in [0.717, 1.165) is 5.56 Å². The number of ether oxygens (including phenoxy) is 3. The molecule has 2 rings (SSSR count). The molecule has 0 aromatic heterocycles. The fourth-order valence-electron chi connectivity index (χ4n) is 3.03. The van der Waals surface area contributed by atoms with Gasteiger partial charge < -0.3 is 14.2 Å². The molecule has 2 aromatic rings. The maximum atomic E-state index is 12.9. The summed E-state index contributed by atoms with van der Waals surface area (Å²) >= 11 is 0. The van der Waals surface area contributed by atoms with Gasteiger partial charge in [-0.1, -0.05) is 12.1 Å². The maximum Gasteiger partial charge on any atom is 0.316 e. The predicted molar refractivity (Wildman–Crippen MR) is 137 cm³/mol. The summed E-state index contributed by atoms with van der Waals surface area (Å²) in [6, 6.07) is 10.4. The van der Waals surface area contributed by atoms with Crippen LogP contribution in [-0.4, -0.2) is 24.0 Å². The van der Waals surface area contributed by atoms with Gasteiger partial charge in [-0.2, -0.15) is 0 Å². The number of carbonyl (C=O) groups is 2. The molecule has 0 heterocycles. The van der Waals surface area contributed by atoms with E-state index in [-0.39, 0.29) is 24.0 Å². The molecule has 0 radical (unpaired) electrons. The normalized spacial score (nSPS) is 11.7. The highest BCUT2D eigenvalue weighted by Crippen LogP contribution is 2.36. The molecule has 2 aromatic carbocycles. The van der Waals surface area contributed by atoms with Gasteiger partial charge in [-0.25, -0.2) is 0 Å². The third-order valence-corrected chi connectivity index (χ3v) is 4.68. The molecule has 0 fully saturated rings. The van der Waals surface area contributed by atoms with E-state index in [1.807, 2.05) is 45.9 Å². The zero-order valence-electron chi connectivity index (χ0n) is 21.3. The monoisotopic (exact) mass is 464 g/mol. The number of carbonyl (C=O) groups excluding carboxylic acids is 2. The lowest BCUT2D eigenvalue weighted by Gasteiger charge is -2.20. The van der Waals surface area contributed by atoms with Gasteiger partial charge >= 0.3 is 5.97 Å². The van der Waals surface area contributed by atoms with Gasteiger partial charge in [-0.15, -0.1) is 6.58 Å². The van der Waals surface area contributed by atoms with Crippen molar-refractivity contribution in [2.45, 2.75) is 67.1 Å². The highest BCUT2D eigenvalue weighted by molar-refractivity contribution is 6.07. The van der Waals surface area contributed by atoms with Gasteiger partial charge in [0.1, 0.15) is 17.2 Å². The van der Waals surface area contributed by atoms with Gasteiger partial charge in [-0.3, -0.25) is 9.59 Å². The Morgan fingerprint density at radius 3 is 2.09 bits per heavy atom. The van der Waals surface area contributed by atoms with Gasteiger partial charge in [0.25, 0.3) is 0 Å². The number of ketones is 1. The second kappa shape index (κ2) is 11.7. The molecule has 34 heavy (non-hydrogen) atoms. The van der Waals surface area contributed by atoms with Crippen LogP contribution in [0.4, 0.5) is 0 Å². The van der Waals surface area contributed by atoms with Crippen LogP contribution in [0.2, 0.25) is 0 Å². The topological polar surface area (TPSA) is 61.8 Å². The van der Waals surface area contributed by atoms with Crippen molar-refractivity contribution >= 4 is 17.8 Å². The van der Waals surface area contributed by atoms with Crippen LogP contribution < -0.4 is 14.2 Å². The van der Waals surface area contributed by atoms with E-state index in [4.69, 9.17) is 14.2 Å². The van der Waals surface area contributed by atoms with Crippen LogP contribution in [0.25, 0.3) is 6.08 Å². The fraction of sp³-hybridized carbons (Fsp3) is 0.379. The number of allylic oxidation sites excluding steroid dienone is 2. The van der Waals surface area contributed by atoms with Crippen molar-refractivity contribution < 1.29 is 23.8 Å². The second-order valence-corrected chi connectivity index (χ2v) is 9.65. The third-order valence-electron chi connectivity index (χ3n) is 4.68. The molecule has 0 bridgehead atoms. The zero-order valence-corrected chi connectivity index (χ0v) is 21.3. The highest BCUT2D eigenvalue weighted by atomic mass is 16.5. The molecule has 0 unspecified atom stereocenters. The molecular weight excluding hydrogens is 428 g/mol. The summed E-state index contributed by atoms with van der Waals surface area (Å²) in [6.45, 7) is 17.0. The average Bonchev–Trinajstić information content (AvgIpc) is 2.74. The van der Waals surface area contributed by atoms with Crippen LogP contribution in [-0.2, 0) is 11.2 Å². The standard InChI is InChI=1S/C29H36O5/c1-9-10-22-13-18-26(32-19(2)3)24(27(22)33-20(4)5)16-17-25(30)21-11-14-23(15-12-21)34-28(31)29(6,7)8/h9,11-20H,1,10H2,2-8H3/b17-16+. The van der Waals surface area contributed by atoms with E-state index in [1.165, 1.54) is 6.08 Å². The van der Waals surface area contributed by atoms with Gasteiger partial charge in [0.2, 0.25) is 0 Å². The van der Waals surface area contributed by atoms with Gasteiger partial charge in [0.15, 0.2) is 5.78 Å². The molecule has 0 aliphatic heterocycles. The Labute approximate surface area is 203 Å². The molecule has 0 aliphatic rings. The quantitative estimate of drug-likeness (QED) is 0.127. The van der Waals surface area contributed by atoms with Crippen LogP contribution in [0.5, 0.6) is 17.2 Å². The van der Waals surface area contributed by atoms with E-state index < -0.39 is 5.41 Å². The average molecular weight is 465 g/mol. The van der Waals surface area contributed by atoms with Crippen molar-refractivity contribution in [3.63, 3.8) is 0 Å². The molecule has 0 saturated heterocycles. The zero-order chi connectivity index (χ0) is 25.5. The van der Waals surface area contributed by atoms with E-state index >= 15 is 0 Å². The fourth-order valence-corrected chi connectivity index (χ4v) is 3.03. The molecule has 0 N–H and O–H groups in total. The highest BCUT2D eigenvalue weighted by Gasteiger charge is 2.23. The maximum absolute atomic E-state index is 12.9. The first-order valence-electron chi connectivity index (χ1n) is 11.6. The Hall–Kier alpha value is -3.34. The van der Waals surface area contributed by atoms with Gasteiger partial charge in [0, 0.05) is 5.56 Å². The van der Waals surface area contributed by atoms with Crippen molar-refractivity contribution in [2.24, 2.45) is 5.41 Å². The number of rotatable bonds is 10. The molecule has 0 aliphatic carbocycles. The van der Waals surface area contributed by atoms with Crippen molar-refractivity contribution in [2.75, 3.05) is 0 Å². The molecule has 0 amide bonds. The molecule has 5 heteroatoms.